The van der Waals surface area contributed by atoms with Crippen molar-refractivity contribution in [3.05, 3.63) is 89.7 Å². The molecule has 114 valence electrons. The van der Waals surface area contributed by atoms with Gasteiger partial charge in [0, 0.05) is 31.4 Å². The topological polar surface area (TPSA) is 16.1 Å². The summed E-state index contributed by atoms with van der Waals surface area (Å²) in [6.45, 7) is 2.09. The van der Waals surface area contributed by atoms with Crippen LogP contribution in [-0.2, 0) is 6.54 Å². The molecule has 0 saturated carbocycles. The first kappa shape index (κ1) is 14.2. The van der Waals surface area contributed by atoms with E-state index in [1.165, 1.54) is 27.8 Å². The molecule has 2 heterocycles. The van der Waals surface area contributed by atoms with Crippen molar-refractivity contribution in [1.82, 2.24) is 9.88 Å². The van der Waals surface area contributed by atoms with Crippen LogP contribution in [0.15, 0.2) is 73.1 Å². The Balaban J connectivity index is 1.77. The second-order valence-corrected chi connectivity index (χ2v) is 6.31. The van der Waals surface area contributed by atoms with Crippen molar-refractivity contribution in [3.8, 4) is 11.1 Å². The predicted octanol–water partition coefficient (Wildman–Crippen LogP) is 4.33. The number of nitrogens with zero attached hydrogens (tertiary/aromatic N) is 2. The fourth-order valence-corrected chi connectivity index (χ4v) is 3.54. The van der Waals surface area contributed by atoms with Crippen LogP contribution in [0.1, 0.15) is 22.6 Å². The van der Waals surface area contributed by atoms with Crippen molar-refractivity contribution in [3.63, 3.8) is 0 Å². The molecule has 1 atom stereocenters. The minimum atomic E-state index is 0.455. The van der Waals surface area contributed by atoms with Crippen molar-refractivity contribution in [2.45, 2.75) is 12.5 Å². The zero-order valence-electron chi connectivity index (χ0n) is 13.3. The molecule has 0 spiro atoms. The van der Waals surface area contributed by atoms with E-state index < -0.39 is 0 Å². The molecule has 2 aromatic carbocycles. The molecule has 4 rings (SSSR count). The highest BCUT2D eigenvalue weighted by Gasteiger charge is 2.24. The number of fused-ring (bicyclic) bond motifs is 1. The number of likely N-dealkylation sites (N-methyl/N-ethyl adjacent to an activating group) is 1. The monoisotopic (exact) mass is 300 g/mol. The Bertz CT molecular complexity index is 797. The van der Waals surface area contributed by atoms with Crippen LogP contribution in [0.2, 0.25) is 0 Å². The Kier molecular flexibility index (Phi) is 3.68. The Labute approximate surface area is 137 Å². The summed E-state index contributed by atoms with van der Waals surface area (Å²) in [5.74, 6) is 0.455. The molecule has 1 aliphatic heterocycles. The molecule has 0 fully saturated rings. The van der Waals surface area contributed by atoms with Crippen molar-refractivity contribution >= 4 is 0 Å². The summed E-state index contributed by atoms with van der Waals surface area (Å²) in [6, 6.07) is 21.9. The third kappa shape index (κ3) is 2.78. The summed E-state index contributed by atoms with van der Waals surface area (Å²) in [4.78, 5) is 6.53. The Morgan fingerprint density at radius 2 is 1.70 bits per heavy atom. The van der Waals surface area contributed by atoms with E-state index in [1.807, 2.05) is 12.4 Å². The first-order chi connectivity index (χ1) is 11.3. The summed E-state index contributed by atoms with van der Waals surface area (Å²) in [6.07, 6.45) is 3.71. The molecule has 1 aromatic heterocycles. The van der Waals surface area contributed by atoms with E-state index in [0.29, 0.717) is 5.92 Å². The molecule has 0 aliphatic carbocycles. The van der Waals surface area contributed by atoms with Gasteiger partial charge in [0.2, 0.25) is 0 Å². The van der Waals surface area contributed by atoms with Gasteiger partial charge in [0.15, 0.2) is 0 Å². The Hall–Kier alpha value is -2.45. The SMILES string of the molecule is CN1Cc2cc(-c3ccncc3)ccc2[C@H](c2ccccc2)C1. The number of aromatic nitrogens is 1. The number of benzene rings is 2. The van der Waals surface area contributed by atoms with Crippen LogP contribution in [0.4, 0.5) is 0 Å². The van der Waals surface area contributed by atoms with Gasteiger partial charge in [-0.2, -0.15) is 0 Å². The van der Waals surface area contributed by atoms with E-state index >= 15 is 0 Å². The van der Waals surface area contributed by atoms with E-state index in [-0.39, 0.29) is 0 Å². The molecule has 3 aromatic rings. The minimum Gasteiger partial charge on any atom is -0.301 e. The zero-order chi connectivity index (χ0) is 15.6. The summed E-state index contributed by atoms with van der Waals surface area (Å²) in [5.41, 5.74) is 6.80. The summed E-state index contributed by atoms with van der Waals surface area (Å²) in [5, 5.41) is 0. The minimum absolute atomic E-state index is 0.455. The van der Waals surface area contributed by atoms with Crippen LogP contribution in [0, 0.1) is 0 Å². The summed E-state index contributed by atoms with van der Waals surface area (Å²) >= 11 is 0. The zero-order valence-corrected chi connectivity index (χ0v) is 13.3. The molecule has 0 unspecified atom stereocenters. The summed E-state index contributed by atoms with van der Waals surface area (Å²) < 4.78 is 0. The fraction of sp³-hybridized carbons (Fsp3) is 0.190. The van der Waals surface area contributed by atoms with Crippen molar-refractivity contribution in [1.29, 1.82) is 0 Å². The van der Waals surface area contributed by atoms with Crippen molar-refractivity contribution in [2.24, 2.45) is 0 Å². The van der Waals surface area contributed by atoms with Gasteiger partial charge in [-0.05, 0) is 53.1 Å². The number of rotatable bonds is 2. The second kappa shape index (κ2) is 5.98. The number of hydrogen-bond acceptors (Lipinski definition) is 2. The predicted molar refractivity (Wildman–Crippen MR) is 94.3 cm³/mol. The van der Waals surface area contributed by atoms with Gasteiger partial charge in [-0.1, -0.05) is 42.5 Å². The molecule has 0 saturated heterocycles. The maximum Gasteiger partial charge on any atom is 0.0273 e. The van der Waals surface area contributed by atoms with Crippen molar-refractivity contribution in [2.75, 3.05) is 13.6 Å². The quantitative estimate of drug-likeness (QED) is 0.700. The van der Waals surface area contributed by atoms with Gasteiger partial charge in [-0.15, -0.1) is 0 Å². The highest BCUT2D eigenvalue weighted by atomic mass is 15.1. The highest BCUT2D eigenvalue weighted by molar-refractivity contribution is 5.65. The average molecular weight is 300 g/mol. The molecule has 2 nitrogen and oxygen atoms in total. The van der Waals surface area contributed by atoms with Crippen LogP contribution in [0.3, 0.4) is 0 Å². The first-order valence-corrected chi connectivity index (χ1v) is 8.08. The second-order valence-electron chi connectivity index (χ2n) is 6.31. The van der Waals surface area contributed by atoms with E-state index in [4.69, 9.17) is 0 Å². The van der Waals surface area contributed by atoms with Gasteiger partial charge >= 0.3 is 0 Å². The van der Waals surface area contributed by atoms with Crippen LogP contribution >= 0.6 is 0 Å². The van der Waals surface area contributed by atoms with Gasteiger partial charge in [0.25, 0.3) is 0 Å². The van der Waals surface area contributed by atoms with E-state index in [2.05, 4.69) is 77.6 Å². The number of hydrogen-bond donors (Lipinski definition) is 0. The molecule has 0 amide bonds. The standard InChI is InChI=1S/C21H20N2/c1-23-14-19-13-18(16-9-11-22-12-10-16)7-8-20(19)21(15-23)17-5-3-2-4-6-17/h2-13,21H,14-15H2,1H3/t21-/m0/s1. The lowest BCUT2D eigenvalue weighted by molar-refractivity contribution is 0.295. The molecular weight excluding hydrogens is 280 g/mol. The van der Waals surface area contributed by atoms with Gasteiger partial charge < -0.3 is 4.90 Å². The maximum absolute atomic E-state index is 4.11. The molecule has 1 aliphatic rings. The summed E-state index contributed by atoms with van der Waals surface area (Å²) in [7, 11) is 2.21. The van der Waals surface area contributed by atoms with Gasteiger partial charge in [0.05, 0.1) is 0 Å². The van der Waals surface area contributed by atoms with Crippen LogP contribution in [0.5, 0.6) is 0 Å². The maximum atomic E-state index is 4.11. The van der Waals surface area contributed by atoms with Crippen LogP contribution < -0.4 is 0 Å². The van der Waals surface area contributed by atoms with E-state index in [1.54, 1.807) is 0 Å². The van der Waals surface area contributed by atoms with Crippen LogP contribution in [-0.4, -0.2) is 23.5 Å². The third-order valence-corrected chi connectivity index (χ3v) is 4.67. The average Bonchev–Trinajstić information content (AvgIpc) is 2.62. The van der Waals surface area contributed by atoms with Gasteiger partial charge in [-0.25, -0.2) is 0 Å². The van der Waals surface area contributed by atoms with Crippen LogP contribution in [0.25, 0.3) is 11.1 Å². The van der Waals surface area contributed by atoms with E-state index in [9.17, 15) is 0 Å². The molecular formula is C21H20N2. The normalized spacial score (nSPS) is 17.7. The smallest absolute Gasteiger partial charge is 0.0273 e. The molecule has 0 bridgehead atoms. The van der Waals surface area contributed by atoms with E-state index in [0.717, 1.165) is 13.1 Å². The molecule has 2 heteroatoms. The molecule has 0 radical (unpaired) electrons. The van der Waals surface area contributed by atoms with Gasteiger partial charge in [-0.3, -0.25) is 4.98 Å². The number of pyridine rings is 1. The van der Waals surface area contributed by atoms with Crippen molar-refractivity contribution < 1.29 is 0 Å². The molecule has 23 heavy (non-hydrogen) atoms. The Morgan fingerprint density at radius 3 is 2.48 bits per heavy atom. The molecule has 0 N–H and O–H groups in total. The lowest BCUT2D eigenvalue weighted by atomic mass is 9.83. The highest BCUT2D eigenvalue weighted by Crippen LogP contribution is 2.35. The largest absolute Gasteiger partial charge is 0.301 e. The third-order valence-electron chi connectivity index (χ3n) is 4.67. The lowest BCUT2D eigenvalue weighted by Crippen LogP contribution is -2.30. The first-order valence-electron chi connectivity index (χ1n) is 8.08. The Morgan fingerprint density at radius 1 is 0.913 bits per heavy atom. The fourth-order valence-electron chi connectivity index (χ4n) is 3.54. The van der Waals surface area contributed by atoms with Gasteiger partial charge in [0.1, 0.15) is 0 Å². The lowest BCUT2D eigenvalue weighted by Gasteiger charge is -2.33.